The molecule has 2 aromatic rings. The first-order chi connectivity index (χ1) is 9.65. The van der Waals surface area contributed by atoms with Crippen LogP contribution in [0.5, 0.6) is 0 Å². The molecule has 4 heteroatoms. The molecule has 0 atom stereocenters. The van der Waals surface area contributed by atoms with E-state index in [0.29, 0.717) is 5.76 Å². The molecular formula is C16H19NO2S. The van der Waals surface area contributed by atoms with Crippen molar-refractivity contribution in [2.45, 2.75) is 26.0 Å². The quantitative estimate of drug-likeness (QED) is 0.894. The number of para-hydroxylation sites is 1. The Morgan fingerprint density at radius 1 is 1.30 bits per heavy atom. The van der Waals surface area contributed by atoms with E-state index in [1.54, 1.807) is 17.8 Å². The molecule has 1 heterocycles. The largest absolute Gasteiger partial charge is 0.455 e. The molecular weight excluding hydrogens is 270 g/mol. The SMILES string of the molecule is CCc1cccc(C)c1NC(=O)c1ccc(CSC)o1. The topological polar surface area (TPSA) is 42.2 Å². The van der Waals surface area contributed by atoms with Crippen LogP contribution in [0, 0.1) is 6.92 Å². The third-order valence-corrected chi connectivity index (χ3v) is 3.72. The van der Waals surface area contributed by atoms with Gasteiger partial charge < -0.3 is 9.73 Å². The summed E-state index contributed by atoms with van der Waals surface area (Å²) in [5, 5.41) is 2.96. The number of hydrogen-bond donors (Lipinski definition) is 1. The van der Waals surface area contributed by atoms with Gasteiger partial charge in [0.2, 0.25) is 0 Å². The van der Waals surface area contributed by atoms with Crippen molar-refractivity contribution < 1.29 is 9.21 Å². The molecule has 0 saturated heterocycles. The number of anilines is 1. The fourth-order valence-electron chi connectivity index (χ4n) is 2.10. The average Bonchev–Trinajstić information content (AvgIpc) is 2.90. The van der Waals surface area contributed by atoms with Crippen LogP contribution >= 0.6 is 11.8 Å². The molecule has 0 bridgehead atoms. The highest BCUT2D eigenvalue weighted by Gasteiger charge is 2.14. The fourth-order valence-corrected chi connectivity index (χ4v) is 2.54. The lowest BCUT2D eigenvalue weighted by molar-refractivity contribution is 0.0995. The second-order valence-corrected chi connectivity index (χ2v) is 5.48. The zero-order valence-corrected chi connectivity index (χ0v) is 12.8. The Kier molecular flexibility index (Phi) is 4.90. The van der Waals surface area contributed by atoms with Crippen LogP contribution in [0.15, 0.2) is 34.7 Å². The van der Waals surface area contributed by atoms with Gasteiger partial charge in [-0.25, -0.2) is 0 Å². The number of furan rings is 1. The van der Waals surface area contributed by atoms with Crippen molar-refractivity contribution in [2.24, 2.45) is 0 Å². The molecule has 0 fully saturated rings. The van der Waals surface area contributed by atoms with Gasteiger partial charge in [-0.1, -0.05) is 25.1 Å². The Labute approximate surface area is 123 Å². The van der Waals surface area contributed by atoms with Crippen molar-refractivity contribution in [1.82, 2.24) is 0 Å². The fraction of sp³-hybridized carbons (Fsp3) is 0.312. The number of amides is 1. The van der Waals surface area contributed by atoms with Crippen LogP contribution in [0.2, 0.25) is 0 Å². The predicted molar refractivity (Wildman–Crippen MR) is 84.4 cm³/mol. The summed E-state index contributed by atoms with van der Waals surface area (Å²) in [6.45, 7) is 4.07. The van der Waals surface area contributed by atoms with Gasteiger partial charge in [-0.15, -0.1) is 0 Å². The van der Waals surface area contributed by atoms with E-state index in [4.69, 9.17) is 4.42 Å². The number of benzene rings is 1. The smallest absolute Gasteiger partial charge is 0.291 e. The third kappa shape index (κ3) is 3.25. The van der Waals surface area contributed by atoms with Crippen LogP contribution in [-0.2, 0) is 12.2 Å². The Bertz CT molecular complexity index is 604. The van der Waals surface area contributed by atoms with Gasteiger partial charge in [0.05, 0.1) is 5.75 Å². The molecule has 2 rings (SSSR count). The molecule has 1 amide bonds. The molecule has 1 N–H and O–H groups in total. The third-order valence-electron chi connectivity index (χ3n) is 3.15. The number of hydrogen-bond acceptors (Lipinski definition) is 3. The van der Waals surface area contributed by atoms with E-state index in [1.807, 2.05) is 37.4 Å². The standard InChI is InChI=1S/C16H19NO2S/c1-4-12-7-5-6-11(2)15(12)17-16(18)14-9-8-13(19-14)10-20-3/h5-9H,4,10H2,1-3H3,(H,17,18). The van der Waals surface area contributed by atoms with Crippen molar-refractivity contribution >= 4 is 23.4 Å². The van der Waals surface area contributed by atoms with Gasteiger partial charge in [0.25, 0.3) is 5.91 Å². The van der Waals surface area contributed by atoms with Crippen LogP contribution in [0.1, 0.15) is 34.4 Å². The zero-order valence-electron chi connectivity index (χ0n) is 12.0. The normalized spacial score (nSPS) is 10.6. The maximum Gasteiger partial charge on any atom is 0.291 e. The van der Waals surface area contributed by atoms with Crippen molar-refractivity contribution in [3.05, 3.63) is 53.0 Å². The number of nitrogens with one attached hydrogen (secondary N) is 1. The molecule has 1 aromatic carbocycles. The second kappa shape index (κ2) is 6.66. The van der Waals surface area contributed by atoms with Crippen LogP contribution in [-0.4, -0.2) is 12.2 Å². The maximum atomic E-state index is 12.2. The van der Waals surface area contributed by atoms with Gasteiger partial charge >= 0.3 is 0 Å². The van der Waals surface area contributed by atoms with Crippen molar-refractivity contribution in [2.75, 3.05) is 11.6 Å². The Morgan fingerprint density at radius 3 is 2.80 bits per heavy atom. The molecule has 0 aliphatic heterocycles. The van der Waals surface area contributed by atoms with Crippen LogP contribution in [0.4, 0.5) is 5.69 Å². The molecule has 0 spiro atoms. The first-order valence-electron chi connectivity index (χ1n) is 6.63. The van der Waals surface area contributed by atoms with Crippen molar-refractivity contribution in [1.29, 1.82) is 0 Å². The first kappa shape index (κ1) is 14.7. The van der Waals surface area contributed by atoms with Gasteiger partial charge in [0.15, 0.2) is 5.76 Å². The molecule has 0 unspecified atom stereocenters. The van der Waals surface area contributed by atoms with E-state index < -0.39 is 0 Å². The average molecular weight is 289 g/mol. The van der Waals surface area contributed by atoms with Crippen LogP contribution in [0.3, 0.4) is 0 Å². The molecule has 20 heavy (non-hydrogen) atoms. The summed E-state index contributed by atoms with van der Waals surface area (Å²) in [7, 11) is 0. The summed E-state index contributed by atoms with van der Waals surface area (Å²) in [5.74, 6) is 1.77. The highest BCUT2D eigenvalue weighted by atomic mass is 32.2. The summed E-state index contributed by atoms with van der Waals surface area (Å²) in [4.78, 5) is 12.2. The van der Waals surface area contributed by atoms with E-state index in [2.05, 4.69) is 12.2 Å². The predicted octanol–water partition coefficient (Wildman–Crippen LogP) is 4.27. The summed E-state index contributed by atoms with van der Waals surface area (Å²) >= 11 is 1.67. The first-order valence-corrected chi connectivity index (χ1v) is 8.02. The zero-order chi connectivity index (χ0) is 14.5. The van der Waals surface area contributed by atoms with E-state index >= 15 is 0 Å². The van der Waals surface area contributed by atoms with E-state index in [9.17, 15) is 4.79 Å². The van der Waals surface area contributed by atoms with Crippen LogP contribution < -0.4 is 5.32 Å². The minimum Gasteiger partial charge on any atom is -0.455 e. The summed E-state index contributed by atoms with van der Waals surface area (Å²) in [6.07, 6.45) is 2.89. The molecule has 1 aromatic heterocycles. The van der Waals surface area contributed by atoms with Gasteiger partial charge in [-0.2, -0.15) is 11.8 Å². The summed E-state index contributed by atoms with van der Waals surface area (Å²) in [5.41, 5.74) is 3.09. The second-order valence-electron chi connectivity index (χ2n) is 4.62. The van der Waals surface area contributed by atoms with Crippen molar-refractivity contribution in [3.63, 3.8) is 0 Å². The molecule has 0 aliphatic carbocycles. The Hall–Kier alpha value is -1.68. The van der Waals surface area contributed by atoms with Gasteiger partial charge in [-0.3, -0.25) is 4.79 Å². The summed E-state index contributed by atoms with van der Waals surface area (Å²) in [6, 6.07) is 9.61. The number of thioether (sulfide) groups is 1. The molecule has 0 radical (unpaired) electrons. The maximum absolute atomic E-state index is 12.2. The van der Waals surface area contributed by atoms with Crippen molar-refractivity contribution in [3.8, 4) is 0 Å². The Balaban J connectivity index is 2.19. The monoisotopic (exact) mass is 289 g/mol. The molecule has 106 valence electrons. The van der Waals surface area contributed by atoms with E-state index in [1.165, 1.54) is 0 Å². The summed E-state index contributed by atoms with van der Waals surface area (Å²) < 4.78 is 5.54. The Morgan fingerprint density at radius 2 is 2.10 bits per heavy atom. The molecule has 3 nitrogen and oxygen atoms in total. The minimum atomic E-state index is -0.193. The lowest BCUT2D eigenvalue weighted by Crippen LogP contribution is -2.13. The highest BCUT2D eigenvalue weighted by Crippen LogP contribution is 2.22. The molecule has 0 saturated carbocycles. The van der Waals surface area contributed by atoms with E-state index in [-0.39, 0.29) is 5.91 Å². The number of carbonyl (C=O) groups is 1. The van der Waals surface area contributed by atoms with Gasteiger partial charge in [-0.05, 0) is 42.9 Å². The number of aryl methyl sites for hydroxylation is 2. The van der Waals surface area contributed by atoms with Gasteiger partial charge in [0, 0.05) is 5.69 Å². The van der Waals surface area contributed by atoms with E-state index in [0.717, 1.165) is 34.7 Å². The highest BCUT2D eigenvalue weighted by molar-refractivity contribution is 7.97. The number of rotatable bonds is 5. The minimum absolute atomic E-state index is 0.193. The lowest BCUT2D eigenvalue weighted by Gasteiger charge is -2.11. The lowest BCUT2D eigenvalue weighted by atomic mass is 10.1. The van der Waals surface area contributed by atoms with Gasteiger partial charge in [0.1, 0.15) is 5.76 Å². The molecule has 0 aliphatic rings. The van der Waals surface area contributed by atoms with Crippen LogP contribution in [0.25, 0.3) is 0 Å². The number of carbonyl (C=O) groups excluding carboxylic acids is 1.